The van der Waals surface area contributed by atoms with Crippen LogP contribution in [0.25, 0.3) is 0 Å². The Morgan fingerprint density at radius 2 is 2.05 bits per heavy atom. The van der Waals surface area contributed by atoms with Crippen molar-refractivity contribution in [1.29, 1.82) is 0 Å². The summed E-state index contributed by atoms with van der Waals surface area (Å²) in [6.45, 7) is 1.53. The van der Waals surface area contributed by atoms with Crippen molar-refractivity contribution in [2.75, 3.05) is 6.54 Å². The first-order valence-electron chi connectivity index (χ1n) is 7.00. The van der Waals surface area contributed by atoms with Crippen LogP contribution in [0, 0.1) is 5.92 Å². The van der Waals surface area contributed by atoms with E-state index in [0.29, 0.717) is 18.9 Å². The SMILES string of the molecule is Cn1cc(CN2CC(Cc3ccccc3)CC2=O)cn1. The first-order chi connectivity index (χ1) is 9.70. The Bertz CT molecular complexity index is 591. The monoisotopic (exact) mass is 269 g/mol. The Labute approximate surface area is 119 Å². The zero-order valence-corrected chi connectivity index (χ0v) is 11.7. The van der Waals surface area contributed by atoms with Crippen LogP contribution in [-0.4, -0.2) is 27.1 Å². The lowest BCUT2D eigenvalue weighted by atomic mass is 9.99. The summed E-state index contributed by atoms with van der Waals surface area (Å²) >= 11 is 0. The second-order valence-corrected chi connectivity index (χ2v) is 5.56. The van der Waals surface area contributed by atoms with E-state index >= 15 is 0 Å². The Morgan fingerprint density at radius 1 is 1.25 bits per heavy atom. The van der Waals surface area contributed by atoms with Gasteiger partial charge in [0.15, 0.2) is 0 Å². The molecule has 104 valence electrons. The highest BCUT2D eigenvalue weighted by atomic mass is 16.2. The van der Waals surface area contributed by atoms with Crippen molar-refractivity contribution in [3.8, 4) is 0 Å². The van der Waals surface area contributed by atoms with Gasteiger partial charge in [-0.3, -0.25) is 9.48 Å². The van der Waals surface area contributed by atoms with E-state index in [1.54, 1.807) is 4.68 Å². The first kappa shape index (κ1) is 12.9. The van der Waals surface area contributed by atoms with Crippen molar-refractivity contribution in [3.63, 3.8) is 0 Å². The third-order valence-corrected chi connectivity index (χ3v) is 3.79. The summed E-state index contributed by atoms with van der Waals surface area (Å²) in [6.07, 6.45) is 5.45. The summed E-state index contributed by atoms with van der Waals surface area (Å²) in [5, 5.41) is 4.15. The average molecular weight is 269 g/mol. The lowest BCUT2D eigenvalue weighted by Crippen LogP contribution is -2.24. The van der Waals surface area contributed by atoms with Crippen molar-refractivity contribution in [2.45, 2.75) is 19.4 Å². The number of nitrogens with zero attached hydrogens (tertiary/aromatic N) is 3. The van der Waals surface area contributed by atoms with Crippen molar-refractivity contribution >= 4 is 5.91 Å². The van der Waals surface area contributed by atoms with E-state index in [-0.39, 0.29) is 5.91 Å². The van der Waals surface area contributed by atoms with Crippen molar-refractivity contribution in [2.24, 2.45) is 13.0 Å². The molecule has 1 unspecified atom stereocenters. The van der Waals surface area contributed by atoms with Crippen LogP contribution in [0.1, 0.15) is 17.5 Å². The van der Waals surface area contributed by atoms with Crippen LogP contribution >= 0.6 is 0 Å². The van der Waals surface area contributed by atoms with Gasteiger partial charge in [0.25, 0.3) is 0 Å². The molecule has 1 atom stereocenters. The van der Waals surface area contributed by atoms with E-state index < -0.39 is 0 Å². The molecule has 0 N–H and O–H groups in total. The molecule has 1 aliphatic rings. The second-order valence-electron chi connectivity index (χ2n) is 5.56. The van der Waals surface area contributed by atoms with Gasteiger partial charge in [0.2, 0.25) is 5.91 Å². The minimum atomic E-state index is 0.259. The zero-order chi connectivity index (χ0) is 13.9. The maximum atomic E-state index is 12.1. The standard InChI is InChI=1S/C16H19N3O/c1-18-10-15(9-17-18)12-19-11-14(8-16(19)20)7-13-5-3-2-4-6-13/h2-6,9-10,14H,7-8,11-12H2,1H3. The quantitative estimate of drug-likeness (QED) is 0.851. The van der Waals surface area contributed by atoms with Gasteiger partial charge in [-0.05, 0) is 17.9 Å². The molecule has 0 aliphatic carbocycles. The number of rotatable bonds is 4. The maximum Gasteiger partial charge on any atom is 0.223 e. The molecule has 2 heterocycles. The van der Waals surface area contributed by atoms with E-state index in [2.05, 4.69) is 29.4 Å². The van der Waals surface area contributed by atoms with Gasteiger partial charge < -0.3 is 4.90 Å². The van der Waals surface area contributed by atoms with Gasteiger partial charge in [-0.25, -0.2) is 0 Å². The van der Waals surface area contributed by atoms with Crippen LogP contribution in [-0.2, 0) is 24.8 Å². The number of aromatic nitrogens is 2. The van der Waals surface area contributed by atoms with Crippen LogP contribution in [0.5, 0.6) is 0 Å². The summed E-state index contributed by atoms with van der Waals surface area (Å²) in [6, 6.07) is 10.4. The lowest BCUT2D eigenvalue weighted by Gasteiger charge is -2.15. The predicted octanol–water partition coefficient (Wildman–Crippen LogP) is 2.01. The van der Waals surface area contributed by atoms with Crippen LogP contribution in [0.3, 0.4) is 0 Å². The largest absolute Gasteiger partial charge is 0.338 e. The number of hydrogen-bond donors (Lipinski definition) is 0. The molecule has 1 fully saturated rings. The van der Waals surface area contributed by atoms with Crippen molar-refractivity contribution < 1.29 is 4.79 Å². The predicted molar refractivity (Wildman–Crippen MR) is 76.9 cm³/mol. The molecular formula is C16H19N3O. The van der Waals surface area contributed by atoms with Crippen molar-refractivity contribution in [3.05, 3.63) is 53.9 Å². The maximum absolute atomic E-state index is 12.1. The Hall–Kier alpha value is -2.10. The van der Waals surface area contributed by atoms with E-state index in [1.807, 2.05) is 30.4 Å². The number of carbonyl (C=O) groups is 1. The number of hydrogen-bond acceptors (Lipinski definition) is 2. The first-order valence-corrected chi connectivity index (χ1v) is 7.00. The van der Waals surface area contributed by atoms with Gasteiger partial charge in [-0.1, -0.05) is 30.3 Å². The summed E-state index contributed by atoms with van der Waals surface area (Å²) < 4.78 is 1.78. The molecule has 4 nitrogen and oxygen atoms in total. The molecule has 2 aromatic rings. The molecule has 1 amide bonds. The van der Waals surface area contributed by atoms with E-state index in [4.69, 9.17) is 0 Å². The summed E-state index contributed by atoms with van der Waals surface area (Å²) in [7, 11) is 1.90. The number of likely N-dealkylation sites (tertiary alicyclic amines) is 1. The van der Waals surface area contributed by atoms with Gasteiger partial charge in [0, 0.05) is 38.3 Å². The van der Waals surface area contributed by atoms with Crippen LogP contribution in [0.15, 0.2) is 42.7 Å². The molecule has 0 bridgehead atoms. The summed E-state index contributed by atoms with van der Waals surface area (Å²) in [4.78, 5) is 14.0. The fraction of sp³-hybridized carbons (Fsp3) is 0.375. The summed E-state index contributed by atoms with van der Waals surface area (Å²) in [5.41, 5.74) is 2.41. The highest BCUT2D eigenvalue weighted by Crippen LogP contribution is 2.23. The van der Waals surface area contributed by atoms with Gasteiger partial charge >= 0.3 is 0 Å². The fourth-order valence-corrected chi connectivity index (χ4v) is 2.86. The van der Waals surface area contributed by atoms with Crippen LogP contribution < -0.4 is 0 Å². The fourth-order valence-electron chi connectivity index (χ4n) is 2.86. The van der Waals surface area contributed by atoms with Crippen LogP contribution in [0.4, 0.5) is 0 Å². The molecule has 1 aromatic carbocycles. The smallest absolute Gasteiger partial charge is 0.223 e. The Kier molecular flexibility index (Phi) is 3.54. The highest BCUT2D eigenvalue weighted by Gasteiger charge is 2.29. The minimum absolute atomic E-state index is 0.259. The molecule has 3 rings (SSSR count). The molecule has 1 aromatic heterocycles. The minimum Gasteiger partial charge on any atom is -0.338 e. The zero-order valence-electron chi connectivity index (χ0n) is 11.7. The third kappa shape index (κ3) is 2.90. The molecule has 0 saturated carbocycles. The number of aryl methyl sites for hydroxylation is 1. The number of benzene rings is 1. The molecule has 0 spiro atoms. The van der Waals surface area contributed by atoms with Gasteiger partial charge in [-0.2, -0.15) is 5.10 Å². The normalized spacial score (nSPS) is 18.8. The van der Waals surface area contributed by atoms with Gasteiger partial charge in [0.05, 0.1) is 6.20 Å². The van der Waals surface area contributed by atoms with E-state index in [0.717, 1.165) is 18.5 Å². The van der Waals surface area contributed by atoms with E-state index in [9.17, 15) is 4.79 Å². The highest BCUT2D eigenvalue weighted by molar-refractivity contribution is 5.78. The van der Waals surface area contributed by atoms with Gasteiger partial charge in [0.1, 0.15) is 0 Å². The molecule has 4 heteroatoms. The van der Waals surface area contributed by atoms with Crippen LogP contribution in [0.2, 0.25) is 0 Å². The molecule has 1 saturated heterocycles. The second kappa shape index (κ2) is 5.49. The molecule has 1 aliphatic heterocycles. The van der Waals surface area contributed by atoms with E-state index in [1.165, 1.54) is 5.56 Å². The summed E-state index contributed by atoms with van der Waals surface area (Å²) in [5.74, 6) is 0.691. The van der Waals surface area contributed by atoms with Gasteiger partial charge in [-0.15, -0.1) is 0 Å². The molecule has 20 heavy (non-hydrogen) atoms. The lowest BCUT2D eigenvalue weighted by molar-refractivity contribution is -0.128. The number of amides is 1. The molecule has 0 radical (unpaired) electrons. The number of carbonyl (C=O) groups excluding carboxylic acids is 1. The topological polar surface area (TPSA) is 38.1 Å². The molecular weight excluding hydrogens is 250 g/mol. The average Bonchev–Trinajstić information content (AvgIpc) is 2.98. The van der Waals surface area contributed by atoms with Crippen molar-refractivity contribution in [1.82, 2.24) is 14.7 Å². The third-order valence-electron chi connectivity index (χ3n) is 3.79. The Morgan fingerprint density at radius 3 is 2.75 bits per heavy atom. The Balaban J connectivity index is 1.60.